The molecule has 0 fully saturated rings. The quantitative estimate of drug-likeness (QED) is 0.203. The van der Waals surface area contributed by atoms with Crippen molar-refractivity contribution in [2.75, 3.05) is 13.4 Å². The van der Waals surface area contributed by atoms with E-state index >= 15 is 0 Å². The van der Waals surface area contributed by atoms with E-state index in [-0.39, 0.29) is 19.1 Å². The Labute approximate surface area is 231 Å². The minimum Gasteiger partial charge on any atom is -0.493 e. The molecule has 0 unspecified atom stereocenters. The summed E-state index contributed by atoms with van der Waals surface area (Å²) < 4.78 is 53.6. The molecule has 0 aliphatic rings. The predicted molar refractivity (Wildman–Crippen MR) is 148 cm³/mol. The number of para-hydroxylation sites is 1. The first-order chi connectivity index (χ1) is 19.3. The van der Waals surface area contributed by atoms with Crippen molar-refractivity contribution >= 4 is 15.9 Å². The van der Waals surface area contributed by atoms with Crippen molar-refractivity contribution in [2.45, 2.75) is 20.1 Å². The topological polar surface area (TPSA) is 119 Å². The van der Waals surface area contributed by atoms with Crippen LogP contribution < -0.4 is 14.2 Å². The summed E-state index contributed by atoms with van der Waals surface area (Å²) >= 11 is 0. The van der Waals surface area contributed by atoms with Crippen molar-refractivity contribution < 1.29 is 31.5 Å². The van der Waals surface area contributed by atoms with Gasteiger partial charge in [-0.2, -0.15) is 0 Å². The van der Waals surface area contributed by atoms with Gasteiger partial charge in [0.25, 0.3) is 5.89 Å². The molecule has 0 amide bonds. The van der Waals surface area contributed by atoms with Gasteiger partial charge in [0.2, 0.25) is 5.88 Å². The second-order valence-electron chi connectivity index (χ2n) is 8.86. The van der Waals surface area contributed by atoms with E-state index in [1.807, 2.05) is 43.3 Å². The molecule has 5 rings (SSSR count). The van der Waals surface area contributed by atoms with Gasteiger partial charge in [-0.25, -0.2) is 18.1 Å². The Morgan fingerprint density at radius 3 is 2.55 bits per heavy atom. The van der Waals surface area contributed by atoms with Gasteiger partial charge in [-0.05, 0) is 55.0 Å². The molecule has 0 aliphatic carbocycles. The fourth-order valence-electron chi connectivity index (χ4n) is 3.79. The number of aryl methyl sites for hydroxylation is 1. The van der Waals surface area contributed by atoms with Gasteiger partial charge in [0, 0.05) is 17.9 Å². The molecule has 206 valence electrons. The van der Waals surface area contributed by atoms with Gasteiger partial charge in [0.15, 0.2) is 27.1 Å². The van der Waals surface area contributed by atoms with Crippen LogP contribution in [0.5, 0.6) is 17.4 Å². The van der Waals surface area contributed by atoms with E-state index in [0.717, 1.165) is 22.9 Å². The number of aromatic nitrogens is 3. The van der Waals surface area contributed by atoms with E-state index in [1.165, 1.54) is 6.08 Å². The first-order valence-electron chi connectivity index (χ1n) is 12.2. The number of benzene rings is 2. The molecule has 0 N–H and O–H groups in total. The average molecular weight is 562 g/mol. The van der Waals surface area contributed by atoms with Crippen LogP contribution in [0.25, 0.3) is 23.4 Å². The van der Waals surface area contributed by atoms with Crippen molar-refractivity contribution in [1.82, 2.24) is 14.8 Å². The summed E-state index contributed by atoms with van der Waals surface area (Å²) in [6, 6.07) is 18.4. The lowest BCUT2D eigenvalue weighted by Crippen LogP contribution is -2.02. The SMILES string of the molecule is COc1cc(COc2nn(-c3ccccc3)cc2C=CS(C)(=O)=O)ccc1OCc1nc(-c2ccco2)oc1C. The monoisotopic (exact) mass is 561 g/mol. The normalized spacial score (nSPS) is 11.7. The Balaban J connectivity index is 1.30. The molecule has 0 saturated heterocycles. The van der Waals surface area contributed by atoms with Crippen molar-refractivity contribution in [2.24, 2.45) is 0 Å². The van der Waals surface area contributed by atoms with E-state index in [4.69, 9.17) is 23.0 Å². The summed E-state index contributed by atoms with van der Waals surface area (Å²) in [6.45, 7) is 2.15. The predicted octanol–water partition coefficient (Wildman–Crippen LogP) is 5.61. The number of hydrogen-bond acceptors (Lipinski definition) is 9. The summed E-state index contributed by atoms with van der Waals surface area (Å²) in [4.78, 5) is 4.47. The molecule has 3 heterocycles. The molecular weight excluding hydrogens is 534 g/mol. The molecule has 0 spiro atoms. The smallest absolute Gasteiger partial charge is 0.263 e. The number of methoxy groups -OCH3 is 1. The maximum atomic E-state index is 11.7. The Morgan fingerprint density at radius 2 is 1.82 bits per heavy atom. The number of ether oxygens (including phenoxy) is 3. The molecule has 40 heavy (non-hydrogen) atoms. The molecule has 0 atom stereocenters. The Kier molecular flexibility index (Phi) is 7.74. The van der Waals surface area contributed by atoms with Crippen LogP contribution in [-0.4, -0.2) is 36.5 Å². The fourth-order valence-corrected chi connectivity index (χ4v) is 4.19. The highest BCUT2D eigenvalue weighted by atomic mass is 32.2. The zero-order chi connectivity index (χ0) is 28.1. The van der Waals surface area contributed by atoms with Crippen molar-refractivity contribution in [1.29, 1.82) is 0 Å². The highest BCUT2D eigenvalue weighted by molar-refractivity contribution is 7.93. The molecule has 3 aromatic heterocycles. The average Bonchev–Trinajstić information content (AvgIpc) is 3.70. The van der Waals surface area contributed by atoms with E-state index in [0.29, 0.717) is 40.2 Å². The van der Waals surface area contributed by atoms with Crippen molar-refractivity contribution in [3.05, 3.63) is 101 Å². The zero-order valence-electron chi connectivity index (χ0n) is 22.1. The first-order valence-corrected chi connectivity index (χ1v) is 14.2. The lowest BCUT2D eigenvalue weighted by molar-refractivity contribution is 0.275. The summed E-state index contributed by atoms with van der Waals surface area (Å²) in [5.74, 6) is 2.89. The standard InChI is InChI=1S/C29H27N3O7S/c1-20-24(30-29(39-20)26-10-7-14-36-26)19-37-25-12-11-21(16-27(25)35-2)18-38-28-22(13-15-40(3,33)34)17-32(31-28)23-8-5-4-6-9-23/h4-17H,18-19H2,1-3H3. The van der Waals surface area contributed by atoms with Crippen LogP contribution in [-0.2, 0) is 23.1 Å². The molecule has 0 radical (unpaired) electrons. The van der Waals surface area contributed by atoms with E-state index < -0.39 is 9.84 Å². The number of furan rings is 1. The maximum absolute atomic E-state index is 11.7. The minimum atomic E-state index is -3.33. The zero-order valence-corrected chi connectivity index (χ0v) is 22.9. The van der Waals surface area contributed by atoms with Crippen LogP contribution in [0, 0.1) is 6.92 Å². The minimum absolute atomic E-state index is 0.164. The van der Waals surface area contributed by atoms with Crippen molar-refractivity contribution in [3.63, 3.8) is 0 Å². The van der Waals surface area contributed by atoms with E-state index in [1.54, 1.807) is 48.5 Å². The maximum Gasteiger partial charge on any atom is 0.263 e. The summed E-state index contributed by atoms with van der Waals surface area (Å²) in [6.07, 6.45) is 5.87. The van der Waals surface area contributed by atoms with E-state index in [9.17, 15) is 8.42 Å². The van der Waals surface area contributed by atoms with Crippen LogP contribution in [0.2, 0.25) is 0 Å². The summed E-state index contributed by atoms with van der Waals surface area (Å²) in [7, 11) is -1.78. The second-order valence-corrected chi connectivity index (χ2v) is 10.8. The Bertz CT molecular complexity index is 1720. The molecular formula is C29H27N3O7S. The third-order valence-electron chi connectivity index (χ3n) is 5.82. The summed E-state index contributed by atoms with van der Waals surface area (Å²) in [5.41, 5.74) is 2.78. The molecule has 10 nitrogen and oxygen atoms in total. The number of rotatable bonds is 11. The highest BCUT2D eigenvalue weighted by Gasteiger charge is 2.16. The number of nitrogens with zero attached hydrogens (tertiary/aromatic N) is 3. The fraction of sp³-hybridized carbons (Fsp3) is 0.172. The Hall–Kier alpha value is -4.77. The van der Waals surface area contributed by atoms with Crippen LogP contribution >= 0.6 is 0 Å². The van der Waals surface area contributed by atoms with Crippen molar-refractivity contribution in [3.8, 4) is 34.7 Å². The first kappa shape index (κ1) is 26.8. The van der Waals surface area contributed by atoms with Crippen LogP contribution in [0.3, 0.4) is 0 Å². The lowest BCUT2D eigenvalue weighted by Gasteiger charge is -2.12. The van der Waals surface area contributed by atoms with Gasteiger partial charge in [-0.3, -0.25) is 0 Å². The molecule has 0 bridgehead atoms. The Morgan fingerprint density at radius 1 is 1.00 bits per heavy atom. The summed E-state index contributed by atoms with van der Waals surface area (Å²) in [5, 5.41) is 5.64. The van der Waals surface area contributed by atoms with Gasteiger partial charge in [0.1, 0.15) is 24.7 Å². The molecule has 11 heteroatoms. The van der Waals surface area contributed by atoms with Crippen LogP contribution in [0.15, 0.2) is 87.4 Å². The third kappa shape index (κ3) is 6.44. The van der Waals surface area contributed by atoms with Gasteiger partial charge in [-0.15, -0.1) is 5.10 Å². The van der Waals surface area contributed by atoms with E-state index in [2.05, 4.69) is 10.1 Å². The second kappa shape index (κ2) is 11.5. The highest BCUT2D eigenvalue weighted by Crippen LogP contribution is 2.31. The number of hydrogen-bond donors (Lipinski definition) is 0. The molecule has 0 saturated carbocycles. The molecule has 0 aliphatic heterocycles. The molecule has 2 aromatic carbocycles. The van der Waals surface area contributed by atoms with Gasteiger partial charge in [0.05, 0.1) is 24.6 Å². The van der Waals surface area contributed by atoms with Crippen LogP contribution in [0.1, 0.15) is 22.6 Å². The molecule has 5 aromatic rings. The van der Waals surface area contributed by atoms with Gasteiger partial charge in [-0.1, -0.05) is 24.3 Å². The number of sulfone groups is 1. The lowest BCUT2D eigenvalue weighted by atomic mass is 10.2. The largest absolute Gasteiger partial charge is 0.493 e. The van der Waals surface area contributed by atoms with Gasteiger partial charge >= 0.3 is 0 Å². The third-order valence-corrected chi connectivity index (χ3v) is 6.45. The number of oxazole rings is 1. The van der Waals surface area contributed by atoms with Crippen LogP contribution in [0.4, 0.5) is 0 Å². The van der Waals surface area contributed by atoms with Gasteiger partial charge < -0.3 is 23.0 Å².